The van der Waals surface area contributed by atoms with Crippen LogP contribution in [0.4, 0.5) is 0 Å². The standard InChI is InChI=1S/C17H20N6O/c1-8-10(3)20-16(12(5)18-8)14-7-15(24)23(22-14)17-13(6)19-9(2)11(4)21-17/h7,22H,1-6H3. The van der Waals surface area contributed by atoms with E-state index in [2.05, 4.69) is 25.0 Å². The molecule has 0 unspecified atom stereocenters. The summed E-state index contributed by atoms with van der Waals surface area (Å²) in [5.74, 6) is 0.504. The molecule has 7 nitrogen and oxygen atoms in total. The second-order valence-electron chi connectivity index (χ2n) is 5.98. The Morgan fingerprint density at radius 1 is 0.750 bits per heavy atom. The number of hydrogen-bond donors (Lipinski definition) is 1. The Labute approximate surface area is 139 Å². The first-order valence-corrected chi connectivity index (χ1v) is 7.74. The van der Waals surface area contributed by atoms with Crippen LogP contribution in [-0.2, 0) is 0 Å². The number of aryl methyl sites for hydroxylation is 6. The molecule has 0 saturated carbocycles. The van der Waals surface area contributed by atoms with Crippen LogP contribution in [0.5, 0.6) is 0 Å². The zero-order valence-corrected chi connectivity index (χ0v) is 14.7. The van der Waals surface area contributed by atoms with E-state index in [0.717, 1.165) is 28.5 Å². The summed E-state index contributed by atoms with van der Waals surface area (Å²) in [6.45, 7) is 11.3. The Morgan fingerprint density at radius 3 is 1.96 bits per heavy atom. The van der Waals surface area contributed by atoms with Crippen molar-refractivity contribution in [2.75, 3.05) is 0 Å². The van der Waals surface area contributed by atoms with E-state index in [1.807, 2.05) is 41.5 Å². The number of aromatic amines is 1. The van der Waals surface area contributed by atoms with Crippen molar-refractivity contribution < 1.29 is 0 Å². The van der Waals surface area contributed by atoms with E-state index >= 15 is 0 Å². The van der Waals surface area contributed by atoms with Gasteiger partial charge in [0, 0.05) is 6.07 Å². The molecule has 0 saturated heterocycles. The van der Waals surface area contributed by atoms with Gasteiger partial charge in [-0.1, -0.05) is 0 Å². The summed E-state index contributed by atoms with van der Waals surface area (Å²) in [5, 5.41) is 3.09. The number of nitrogens with one attached hydrogen (secondary N) is 1. The molecule has 0 bridgehead atoms. The lowest BCUT2D eigenvalue weighted by Crippen LogP contribution is -2.18. The van der Waals surface area contributed by atoms with Gasteiger partial charge in [0.1, 0.15) is 5.69 Å². The Hall–Kier alpha value is -2.83. The molecule has 1 N–H and O–H groups in total. The highest BCUT2D eigenvalue weighted by atomic mass is 16.1. The van der Waals surface area contributed by atoms with E-state index in [1.165, 1.54) is 10.7 Å². The third-order valence-electron chi connectivity index (χ3n) is 4.12. The second kappa shape index (κ2) is 5.67. The van der Waals surface area contributed by atoms with Gasteiger partial charge in [-0.3, -0.25) is 19.9 Å². The van der Waals surface area contributed by atoms with E-state index in [9.17, 15) is 4.79 Å². The van der Waals surface area contributed by atoms with Crippen LogP contribution in [0.15, 0.2) is 10.9 Å². The van der Waals surface area contributed by atoms with Gasteiger partial charge in [-0.05, 0) is 41.5 Å². The smallest absolute Gasteiger partial charge is 0.273 e. The highest BCUT2D eigenvalue weighted by Crippen LogP contribution is 2.19. The van der Waals surface area contributed by atoms with Gasteiger partial charge in [-0.15, -0.1) is 0 Å². The summed E-state index contributed by atoms with van der Waals surface area (Å²) >= 11 is 0. The van der Waals surface area contributed by atoms with Gasteiger partial charge in [0.15, 0.2) is 5.82 Å². The number of hydrogen-bond acceptors (Lipinski definition) is 5. The largest absolute Gasteiger partial charge is 0.287 e. The quantitative estimate of drug-likeness (QED) is 0.781. The normalized spacial score (nSPS) is 11.1. The number of rotatable bonds is 2. The average molecular weight is 324 g/mol. The lowest BCUT2D eigenvalue weighted by molar-refractivity contribution is 0.787. The summed E-state index contributed by atoms with van der Waals surface area (Å²) in [6.07, 6.45) is 0. The summed E-state index contributed by atoms with van der Waals surface area (Å²) in [5.41, 5.74) is 5.92. The molecule has 0 atom stereocenters. The molecule has 0 spiro atoms. The first kappa shape index (κ1) is 16.0. The van der Waals surface area contributed by atoms with Crippen molar-refractivity contribution >= 4 is 0 Å². The van der Waals surface area contributed by atoms with Gasteiger partial charge in [-0.2, -0.15) is 4.68 Å². The molecule has 3 heterocycles. The van der Waals surface area contributed by atoms with Gasteiger partial charge in [0.25, 0.3) is 5.56 Å². The fourth-order valence-corrected chi connectivity index (χ4v) is 2.56. The number of H-pyrrole nitrogens is 1. The third kappa shape index (κ3) is 2.62. The zero-order chi connectivity index (χ0) is 17.6. The molecule has 24 heavy (non-hydrogen) atoms. The molecule has 124 valence electrons. The summed E-state index contributed by atoms with van der Waals surface area (Å²) < 4.78 is 1.40. The van der Waals surface area contributed by atoms with Gasteiger partial charge in [-0.25, -0.2) is 9.97 Å². The Kier molecular flexibility index (Phi) is 3.79. The fraction of sp³-hybridized carbons (Fsp3) is 0.353. The topological polar surface area (TPSA) is 89.4 Å². The molecule has 0 radical (unpaired) electrons. The van der Waals surface area contributed by atoms with Gasteiger partial charge in [0.2, 0.25) is 0 Å². The molecule has 0 amide bonds. The second-order valence-corrected chi connectivity index (χ2v) is 5.98. The van der Waals surface area contributed by atoms with Crippen LogP contribution < -0.4 is 5.56 Å². The highest BCUT2D eigenvalue weighted by Gasteiger charge is 2.15. The van der Waals surface area contributed by atoms with Crippen molar-refractivity contribution in [3.8, 4) is 17.2 Å². The van der Waals surface area contributed by atoms with E-state index in [-0.39, 0.29) is 5.56 Å². The van der Waals surface area contributed by atoms with E-state index in [0.29, 0.717) is 22.9 Å². The van der Waals surface area contributed by atoms with Crippen LogP contribution in [0.1, 0.15) is 34.2 Å². The van der Waals surface area contributed by atoms with Crippen LogP contribution in [0.25, 0.3) is 17.2 Å². The number of aromatic nitrogens is 6. The van der Waals surface area contributed by atoms with Crippen molar-refractivity contribution in [1.29, 1.82) is 0 Å². The molecule has 7 heteroatoms. The first-order valence-electron chi connectivity index (χ1n) is 7.74. The Bertz CT molecular complexity index is 999. The lowest BCUT2D eigenvalue weighted by atomic mass is 10.2. The maximum Gasteiger partial charge on any atom is 0.273 e. The highest BCUT2D eigenvalue weighted by molar-refractivity contribution is 5.57. The molecule has 0 fully saturated rings. The summed E-state index contributed by atoms with van der Waals surface area (Å²) in [7, 11) is 0. The van der Waals surface area contributed by atoms with Crippen molar-refractivity contribution in [3.63, 3.8) is 0 Å². The predicted molar refractivity (Wildman–Crippen MR) is 91.4 cm³/mol. The van der Waals surface area contributed by atoms with E-state index < -0.39 is 0 Å². The van der Waals surface area contributed by atoms with Crippen molar-refractivity contribution in [2.24, 2.45) is 0 Å². The zero-order valence-electron chi connectivity index (χ0n) is 14.7. The van der Waals surface area contributed by atoms with Crippen molar-refractivity contribution in [3.05, 3.63) is 50.6 Å². The van der Waals surface area contributed by atoms with E-state index in [4.69, 9.17) is 0 Å². The first-order chi connectivity index (χ1) is 11.3. The molecule has 3 aromatic rings. The van der Waals surface area contributed by atoms with Crippen LogP contribution in [0.2, 0.25) is 0 Å². The van der Waals surface area contributed by atoms with Crippen LogP contribution in [-0.4, -0.2) is 29.7 Å². The van der Waals surface area contributed by atoms with E-state index in [1.54, 1.807) is 0 Å². The minimum absolute atomic E-state index is 0.204. The van der Waals surface area contributed by atoms with Gasteiger partial charge >= 0.3 is 0 Å². The summed E-state index contributed by atoms with van der Waals surface area (Å²) in [6, 6.07) is 1.52. The van der Waals surface area contributed by atoms with Crippen molar-refractivity contribution in [2.45, 2.75) is 41.5 Å². The molecule has 3 aromatic heterocycles. The fourth-order valence-electron chi connectivity index (χ4n) is 2.56. The molecular weight excluding hydrogens is 304 g/mol. The molecule has 0 aliphatic carbocycles. The maximum atomic E-state index is 12.4. The SMILES string of the molecule is Cc1nc(C)c(-c2cc(=O)n(-c3nc(C)c(C)nc3C)[nH]2)nc1C. The Morgan fingerprint density at radius 2 is 1.29 bits per heavy atom. The van der Waals surface area contributed by atoms with Gasteiger partial charge < -0.3 is 0 Å². The predicted octanol–water partition coefficient (Wildman–Crippen LogP) is 2.26. The molecule has 0 aliphatic rings. The third-order valence-corrected chi connectivity index (χ3v) is 4.12. The van der Waals surface area contributed by atoms with Crippen LogP contribution in [0.3, 0.4) is 0 Å². The Balaban J connectivity index is 2.18. The van der Waals surface area contributed by atoms with Crippen LogP contribution >= 0.6 is 0 Å². The van der Waals surface area contributed by atoms with Crippen molar-refractivity contribution in [1.82, 2.24) is 29.7 Å². The summed E-state index contributed by atoms with van der Waals surface area (Å²) in [4.78, 5) is 30.4. The molecule has 3 rings (SSSR count). The van der Waals surface area contributed by atoms with Gasteiger partial charge in [0.05, 0.1) is 39.9 Å². The molecule has 0 aliphatic heterocycles. The minimum Gasteiger partial charge on any atom is -0.287 e. The molecule has 0 aromatic carbocycles. The monoisotopic (exact) mass is 324 g/mol. The maximum absolute atomic E-state index is 12.4. The number of nitrogens with zero attached hydrogens (tertiary/aromatic N) is 5. The van der Waals surface area contributed by atoms with Crippen LogP contribution in [0, 0.1) is 41.5 Å². The lowest BCUT2D eigenvalue weighted by Gasteiger charge is -2.09. The average Bonchev–Trinajstić information content (AvgIpc) is 2.88. The minimum atomic E-state index is -0.204. The molecular formula is C17H20N6O.